The highest BCUT2D eigenvalue weighted by Gasteiger charge is 2.20. The van der Waals surface area contributed by atoms with Gasteiger partial charge in [0.25, 0.3) is 5.56 Å². The maximum atomic E-state index is 12.4. The minimum absolute atomic E-state index is 0.240. The lowest BCUT2D eigenvalue weighted by Gasteiger charge is -2.09. The van der Waals surface area contributed by atoms with Crippen molar-refractivity contribution in [1.82, 2.24) is 9.78 Å². The summed E-state index contributed by atoms with van der Waals surface area (Å²) < 4.78 is 26.1. The van der Waals surface area contributed by atoms with Gasteiger partial charge in [-0.1, -0.05) is 11.6 Å². The van der Waals surface area contributed by atoms with E-state index < -0.39 is 9.84 Å². The summed E-state index contributed by atoms with van der Waals surface area (Å²) in [6, 6.07) is 4.49. The monoisotopic (exact) mass is 314 g/mol. The fourth-order valence-electron chi connectivity index (χ4n) is 1.99. The van der Waals surface area contributed by atoms with E-state index in [0.717, 1.165) is 0 Å². The van der Waals surface area contributed by atoms with Crippen LogP contribution in [0.15, 0.2) is 27.9 Å². The SMILES string of the molecule is Cc1cc(S(=O)(=O)Cc2cc(=O)n(C)[nH]2)c(C)cc1Cl. The van der Waals surface area contributed by atoms with E-state index in [9.17, 15) is 13.2 Å². The zero-order valence-corrected chi connectivity index (χ0v) is 13.0. The first-order valence-electron chi connectivity index (χ1n) is 5.95. The summed E-state index contributed by atoms with van der Waals surface area (Å²) in [5.74, 6) is -0.245. The number of aromatic nitrogens is 2. The molecule has 0 aliphatic rings. The van der Waals surface area contributed by atoms with Gasteiger partial charge in [-0.05, 0) is 37.1 Å². The molecule has 7 heteroatoms. The first-order chi connectivity index (χ1) is 9.20. The van der Waals surface area contributed by atoms with Crippen molar-refractivity contribution >= 4 is 21.4 Å². The lowest BCUT2D eigenvalue weighted by atomic mass is 10.2. The van der Waals surface area contributed by atoms with E-state index >= 15 is 0 Å². The normalized spacial score (nSPS) is 11.8. The summed E-state index contributed by atoms with van der Waals surface area (Å²) in [5, 5.41) is 3.25. The third-order valence-corrected chi connectivity index (χ3v) is 5.28. The molecule has 1 aromatic carbocycles. The Kier molecular flexibility index (Phi) is 3.80. The van der Waals surface area contributed by atoms with Crippen molar-refractivity contribution in [2.24, 2.45) is 7.05 Å². The van der Waals surface area contributed by atoms with E-state index in [4.69, 9.17) is 11.6 Å². The molecule has 0 aliphatic carbocycles. The molecule has 0 atom stereocenters. The van der Waals surface area contributed by atoms with Gasteiger partial charge in [-0.3, -0.25) is 14.6 Å². The van der Waals surface area contributed by atoms with E-state index in [-0.39, 0.29) is 16.2 Å². The summed E-state index contributed by atoms with van der Waals surface area (Å²) in [5.41, 5.74) is 1.40. The Morgan fingerprint density at radius 2 is 1.85 bits per heavy atom. The van der Waals surface area contributed by atoms with Gasteiger partial charge >= 0.3 is 0 Å². The second kappa shape index (κ2) is 5.10. The molecular formula is C13H15ClN2O3S. The van der Waals surface area contributed by atoms with Crippen LogP contribution in [0.2, 0.25) is 5.02 Å². The summed E-state index contributed by atoms with van der Waals surface area (Å²) in [6.07, 6.45) is 0. The molecule has 0 saturated heterocycles. The molecule has 0 amide bonds. The second-order valence-corrected chi connectivity index (χ2v) is 7.17. The fourth-order valence-corrected chi connectivity index (χ4v) is 3.83. The lowest BCUT2D eigenvalue weighted by Crippen LogP contribution is -2.10. The van der Waals surface area contributed by atoms with Crippen LogP contribution in [0.5, 0.6) is 0 Å². The predicted molar refractivity (Wildman–Crippen MR) is 77.8 cm³/mol. The number of nitrogens with one attached hydrogen (secondary N) is 1. The van der Waals surface area contributed by atoms with Gasteiger partial charge < -0.3 is 0 Å². The zero-order chi connectivity index (χ0) is 15.1. The maximum absolute atomic E-state index is 12.4. The Balaban J connectivity index is 2.45. The zero-order valence-electron chi connectivity index (χ0n) is 11.4. The van der Waals surface area contributed by atoms with Gasteiger partial charge in [-0.15, -0.1) is 0 Å². The number of H-pyrrole nitrogens is 1. The summed E-state index contributed by atoms with van der Waals surface area (Å²) in [4.78, 5) is 11.6. The van der Waals surface area contributed by atoms with Crippen LogP contribution in [0.1, 0.15) is 16.8 Å². The Bertz CT molecular complexity index is 819. The smallest absolute Gasteiger partial charge is 0.266 e. The molecule has 0 spiro atoms. The van der Waals surface area contributed by atoms with Gasteiger partial charge in [-0.2, -0.15) is 0 Å². The number of hydrogen-bond donors (Lipinski definition) is 1. The maximum Gasteiger partial charge on any atom is 0.266 e. The molecule has 2 aromatic rings. The molecule has 0 aliphatic heterocycles. The Morgan fingerprint density at radius 3 is 2.40 bits per heavy atom. The highest BCUT2D eigenvalue weighted by Crippen LogP contribution is 2.25. The molecule has 0 fully saturated rings. The molecule has 0 bridgehead atoms. The average molecular weight is 315 g/mol. The van der Waals surface area contributed by atoms with Gasteiger partial charge in [0.2, 0.25) is 0 Å². The molecule has 2 rings (SSSR count). The first kappa shape index (κ1) is 14.9. The highest BCUT2D eigenvalue weighted by molar-refractivity contribution is 7.90. The molecule has 20 heavy (non-hydrogen) atoms. The molecule has 5 nitrogen and oxygen atoms in total. The van der Waals surface area contributed by atoms with Gasteiger partial charge in [0.15, 0.2) is 9.84 Å². The van der Waals surface area contributed by atoms with E-state index in [0.29, 0.717) is 21.8 Å². The van der Waals surface area contributed by atoms with Crippen LogP contribution < -0.4 is 5.56 Å². The van der Waals surface area contributed by atoms with Crippen molar-refractivity contribution in [3.63, 3.8) is 0 Å². The molecule has 1 N–H and O–H groups in total. The van der Waals surface area contributed by atoms with Gasteiger partial charge in [-0.25, -0.2) is 8.42 Å². The van der Waals surface area contributed by atoms with Crippen molar-refractivity contribution in [3.05, 3.63) is 50.4 Å². The summed E-state index contributed by atoms with van der Waals surface area (Å²) in [7, 11) is -1.99. The molecule has 0 unspecified atom stereocenters. The number of halogens is 1. The summed E-state index contributed by atoms with van der Waals surface area (Å²) >= 11 is 5.97. The number of aromatic amines is 1. The van der Waals surface area contributed by atoms with E-state index in [2.05, 4.69) is 5.10 Å². The van der Waals surface area contributed by atoms with E-state index in [1.54, 1.807) is 26.0 Å². The van der Waals surface area contributed by atoms with Crippen LogP contribution >= 0.6 is 11.6 Å². The largest absolute Gasteiger partial charge is 0.299 e. The number of nitrogens with zero attached hydrogens (tertiary/aromatic N) is 1. The number of aryl methyl sites for hydroxylation is 3. The van der Waals surface area contributed by atoms with Crippen LogP contribution in [0, 0.1) is 13.8 Å². The average Bonchev–Trinajstić information content (AvgIpc) is 2.61. The van der Waals surface area contributed by atoms with Gasteiger partial charge in [0.1, 0.15) is 0 Å². The predicted octanol–water partition coefficient (Wildman–Crippen LogP) is 1.96. The van der Waals surface area contributed by atoms with Crippen LogP contribution in [0.4, 0.5) is 0 Å². The van der Waals surface area contributed by atoms with Crippen LogP contribution in [0.3, 0.4) is 0 Å². The van der Waals surface area contributed by atoms with Crippen LogP contribution in [-0.4, -0.2) is 18.2 Å². The molecule has 1 aromatic heterocycles. The number of hydrogen-bond acceptors (Lipinski definition) is 3. The second-order valence-electron chi connectivity index (χ2n) is 4.80. The highest BCUT2D eigenvalue weighted by atomic mass is 35.5. The minimum atomic E-state index is -3.53. The Morgan fingerprint density at radius 1 is 1.20 bits per heavy atom. The van der Waals surface area contributed by atoms with Crippen molar-refractivity contribution in [2.45, 2.75) is 24.5 Å². The minimum Gasteiger partial charge on any atom is -0.299 e. The van der Waals surface area contributed by atoms with Crippen molar-refractivity contribution in [2.75, 3.05) is 0 Å². The molecule has 0 radical (unpaired) electrons. The van der Waals surface area contributed by atoms with Crippen LogP contribution in [0.25, 0.3) is 0 Å². The topological polar surface area (TPSA) is 71.9 Å². The molecular weight excluding hydrogens is 300 g/mol. The Labute approximate surface area is 122 Å². The third-order valence-electron chi connectivity index (χ3n) is 3.08. The number of rotatable bonds is 3. The molecule has 1 heterocycles. The third kappa shape index (κ3) is 2.81. The molecule has 0 saturated carbocycles. The summed E-state index contributed by atoms with van der Waals surface area (Å²) in [6.45, 7) is 3.46. The van der Waals surface area contributed by atoms with E-state index in [1.165, 1.54) is 17.8 Å². The number of benzene rings is 1. The lowest BCUT2D eigenvalue weighted by molar-refractivity contribution is 0.593. The van der Waals surface area contributed by atoms with Crippen molar-refractivity contribution in [1.29, 1.82) is 0 Å². The van der Waals surface area contributed by atoms with Crippen molar-refractivity contribution in [3.8, 4) is 0 Å². The van der Waals surface area contributed by atoms with Crippen LogP contribution in [-0.2, 0) is 22.6 Å². The first-order valence-corrected chi connectivity index (χ1v) is 7.98. The Hall–Kier alpha value is -1.53. The van der Waals surface area contributed by atoms with E-state index in [1.807, 2.05) is 0 Å². The van der Waals surface area contributed by atoms with Gasteiger partial charge in [0.05, 0.1) is 16.3 Å². The quantitative estimate of drug-likeness (QED) is 0.941. The van der Waals surface area contributed by atoms with Gasteiger partial charge in [0, 0.05) is 18.1 Å². The fraction of sp³-hybridized carbons (Fsp3) is 0.308. The molecule has 108 valence electrons. The van der Waals surface area contributed by atoms with Crippen molar-refractivity contribution < 1.29 is 8.42 Å². The standard InChI is InChI=1S/C13H15ClN2O3S/c1-8-5-12(9(2)4-11(8)14)20(18,19)7-10-6-13(17)16(3)15-10/h4-6,15H,7H2,1-3H3. The number of sulfone groups is 1.